The zero-order valence-corrected chi connectivity index (χ0v) is 14.1. The van der Waals surface area contributed by atoms with Gasteiger partial charge in [-0.15, -0.1) is 0 Å². The second-order valence-corrected chi connectivity index (χ2v) is 5.96. The Labute approximate surface area is 138 Å². The van der Waals surface area contributed by atoms with E-state index in [-0.39, 0.29) is 5.91 Å². The van der Waals surface area contributed by atoms with Gasteiger partial charge < -0.3 is 10.1 Å². The highest BCUT2D eigenvalue weighted by Crippen LogP contribution is 2.17. The fraction of sp³-hybridized carbons (Fsp3) is 0.350. The molecule has 1 amide bonds. The van der Waals surface area contributed by atoms with Crippen LogP contribution in [0.4, 0.5) is 0 Å². The predicted molar refractivity (Wildman–Crippen MR) is 94.2 cm³/mol. The SMILES string of the molecule is COc1ccccc1C(=O)NCCCc1ccc(C(C)C)cc1. The number of hydrogen-bond acceptors (Lipinski definition) is 2. The van der Waals surface area contributed by atoms with Crippen LogP contribution in [0.5, 0.6) is 5.75 Å². The van der Waals surface area contributed by atoms with Crippen molar-refractivity contribution in [2.45, 2.75) is 32.6 Å². The number of benzene rings is 2. The first kappa shape index (κ1) is 17.1. The van der Waals surface area contributed by atoms with Gasteiger partial charge in [-0.3, -0.25) is 4.79 Å². The first-order valence-corrected chi connectivity index (χ1v) is 8.12. The number of ether oxygens (including phenoxy) is 1. The van der Waals surface area contributed by atoms with Gasteiger partial charge in [0.25, 0.3) is 5.91 Å². The van der Waals surface area contributed by atoms with Gasteiger partial charge in [0.15, 0.2) is 0 Å². The van der Waals surface area contributed by atoms with Gasteiger partial charge in [-0.1, -0.05) is 50.2 Å². The van der Waals surface area contributed by atoms with Gasteiger partial charge in [0, 0.05) is 6.54 Å². The molecule has 23 heavy (non-hydrogen) atoms. The van der Waals surface area contributed by atoms with Crippen molar-refractivity contribution in [3.8, 4) is 5.75 Å². The monoisotopic (exact) mass is 311 g/mol. The molecular formula is C20H25NO2. The summed E-state index contributed by atoms with van der Waals surface area (Å²) in [5.74, 6) is 1.08. The summed E-state index contributed by atoms with van der Waals surface area (Å²) in [5, 5.41) is 2.95. The Bertz CT molecular complexity index is 632. The lowest BCUT2D eigenvalue weighted by molar-refractivity contribution is 0.0950. The predicted octanol–water partition coefficient (Wildman–Crippen LogP) is 4.18. The van der Waals surface area contributed by atoms with Crippen LogP contribution in [0, 0.1) is 0 Å². The summed E-state index contributed by atoms with van der Waals surface area (Å²) in [5.41, 5.74) is 3.25. The smallest absolute Gasteiger partial charge is 0.255 e. The highest BCUT2D eigenvalue weighted by atomic mass is 16.5. The summed E-state index contributed by atoms with van der Waals surface area (Å²) >= 11 is 0. The fourth-order valence-corrected chi connectivity index (χ4v) is 2.49. The maximum atomic E-state index is 12.2. The van der Waals surface area contributed by atoms with Crippen molar-refractivity contribution in [1.29, 1.82) is 0 Å². The second kappa shape index (κ2) is 8.37. The van der Waals surface area contributed by atoms with Crippen LogP contribution < -0.4 is 10.1 Å². The first-order chi connectivity index (χ1) is 11.1. The van der Waals surface area contributed by atoms with Crippen molar-refractivity contribution in [2.24, 2.45) is 0 Å². The van der Waals surface area contributed by atoms with Crippen LogP contribution in [0.25, 0.3) is 0 Å². The lowest BCUT2D eigenvalue weighted by Crippen LogP contribution is -2.25. The summed E-state index contributed by atoms with van der Waals surface area (Å²) in [4.78, 5) is 12.2. The quantitative estimate of drug-likeness (QED) is 0.779. The van der Waals surface area contributed by atoms with Crippen LogP contribution in [0.3, 0.4) is 0 Å². The molecule has 0 aliphatic carbocycles. The zero-order valence-electron chi connectivity index (χ0n) is 14.1. The van der Waals surface area contributed by atoms with E-state index in [0.29, 0.717) is 23.8 Å². The number of nitrogens with one attached hydrogen (secondary N) is 1. The molecular weight excluding hydrogens is 286 g/mol. The summed E-state index contributed by atoms with van der Waals surface area (Å²) in [7, 11) is 1.58. The summed E-state index contributed by atoms with van der Waals surface area (Å²) in [6.45, 7) is 5.05. The van der Waals surface area contributed by atoms with E-state index in [0.717, 1.165) is 12.8 Å². The Hall–Kier alpha value is -2.29. The Kier molecular flexibility index (Phi) is 6.21. The molecule has 0 radical (unpaired) electrons. The van der Waals surface area contributed by atoms with Gasteiger partial charge in [0.05, 0.1) is 12.7 Å². The largest absolute Gasteiger partial charge is 0.496 e. The van der Waals surface area contributed by atoms with Crippen molar-refractivity contribution < 1.29 is 9.53 Å². The van der Waals surface area contributed by atoms with Crippen molar-refractivity contribution >= 4 is 5.91 Å². The molecule has 1 N–H and O–H groups in total. The number of carbonyl (C=O) groups is 1. The number of para-hydroxylation sites is 1. The van der Waals surface area contributed by atoms with E-state index >= 15 is 0 Å². The number of amides is 1. The van der Waals surface area contributed by atoms with Crippen molar-refractivity contribution in [1.82, 2.24) is 5.32 Å². The molecule has 0 unspecified atom stereocenters. The molecule has 3 heteroatoms. The minimum absolute atomic E-state index is 0.0856. The topological polar surface area (TPSA) is 38.3 Å². The number of carbonyl (C=O) groups excluding carboxylic acids is 1. The molecule has 3 nitrogen and oxygen atoms in total. The van der Waals surface area contributed by atoms with Crippen LogP contribution >= 0.6 is 0 Å². The Balaban J connectivity index is 1.80. The molecule has 0 bridgehead atoms. The average Bonchev–Trinajstić information content (AvgIpc) is 2.58. The average molecular weight is 311 g/mol. The molecule has 122 valence electrons. The Morgan fingerprint density at radius 3 is 2.43 bits per heavy atom. The van der Waals surface area contributed by atoms with E-state index in [2.05, 4.69) is 43.4 Å². The molecule has 0 aliphatic heterocycles. The molecule has 2 rings (SSSR count). The van der Waals surface area contributed by atoms with E-state index in [1.807, 2.05) is 12.1 Å². The molecule has 2 aromatic rings. The third-order valence-corrected chi connectivity index (χ3v) is 3.93. The van der Waals surface area contributed by atoms with Crippen molar-refractivity contribution in [3.05, 3.63) is 65.2 Å². The van der Waals surface area contributed by atoms with Gasteiger partial charge in [-0.25, -0.2) is 0 Å². The molecule has 0 aliphatic rings. The Morgan fingerprint density at radius 1 is 1.09 bits per heavy atom. The third kappa shape index (κ3) is 4.85. The molecule has 0 saturated carbocycles. The third-order valence-electron chi connectivity index (χ3n) is 3.93. The molecule has 0 saturated heterocycles. The maximum absolute atomic E-state index is 12.2. The highest BCUT2D eigenvalue weighted by molar-refractivity contribution is 5.96. The van der Waals surface area contributed by atoms with Crippen LogP contribution in [-0.4, -0.2) is 19.6 Å². The van der Waals surface area contributed by atoms with Gasteiger partial charge >= 0.3 is 0 Å². The Morgan fingerprint density at radius 2 is 1.78 bits per heavy atom. The standard InChI is InChI=1S/C20H25NO2/c1-15(2)17-12-10-16(11-13-17)7-6-14-21-20(22)18-8-4-5-9-19(18)23-3/h4-5,8-13,15H,6-7,14H2,1-3H3,(H,21,22). The maximum Gasteiger partial charge on any atom is 0.255 e. The highest BCUT2D eigenvalue weighted by Gasteiger charge is 2.10. The lowest BCUT2D eigenvalue weighted by atomic mass is 10.0. The van der Waals surface area contributed by atoms with Crippen LogP contribution in [-0.2, 0) is 6.42 Å². The van der Waals surface area contributed by atoms with E-state index in [9.17, 15) is 4.79 Å². The van der Waals surface area contributed by atoms with Gasteiger partial charge in [0.1, 0.15) is 5.75 Å². The second-order valence-electron chi connectivity index (χ2n) is 5.96. The first-order valence-electron chi connectivity index (χ1n) is 8.12. The number of aryl methyl sites for hydroxylation is 1. The van der Waals surface area contributed by atoms with E-state index in [1.165, 1.54) is 11.1 Å². The fourth-order valence-electron chi connectivity index (χ4n) is 2.49. The molecule has 0 aromatic heterocycles. The van der Waals surface area contributed by atoms with Crippen molar-refractivity contribution in [3.63, 3.8) is 0 Å². The van der Waals surface area contributed by atoms with Gasteiger partial charge in [0.2, 0.25) is 0 Å². The minimum Gasteiger partial charge on any atom is -0.496 e. The van der Waals surface area contributed by atoms with Gasteiger partial charge in [-0.05, 0) is 42.0 Å². The summed E-state index contributed by atoms with van der Waals surface area (Å²) in [6.07, 6.45) is 1.88. The molecule has 0 atom stereocenters. The zero-order chi connectivity index (χ0) is 16.7. The normalized spacial score (nSPS) is 10.6. The van der Waals surface area contributed by atoms with Crippen LogP contribution in [0.2, 0.25) is 0 Å². The van der Waals surface area contributed by atoms with Gasteiger partial charge in [-0.2, -0.15) is 0 Å². The van der Waals surface area contributed by atoms with E-state index in [1.54, 1.807) is 19.2 Å². The lowest BCUT2D eigenvalue weighted by Gasteiger charge is -2.09. The van der Waals surface area contributed by atoms with Crippen molar-refractivity contribution in [2.75, 3.05) is 13.7 Å². The van der Waals surface area contributed by atoms with Crippen LogP contribution in [0.1, 0.15) is 47.7 Å². The molecule has 0 fully saturated rings. The van der Waals surface area contributed by atoms with Crippen LogP contribution in [0.15, 0.2) is 48.5 Å². The van der Waals surface area contributed by atoms with E-state index in [4.69, 9.17) is 4.74 Å². The molecule has 2 aromatic carbocycles. The molecule has 0 heterocycles. The number of rotatable bonds is 7. The number of hydrogen-bond donors (Lipinski definition) is 1. The minimum atomic E-state index is -0.0856. The van der Waals surface area contributed by atoms with E-state index < -0.39 is 0 Å². The molecule has 0 spiro atoms. The number of methoxy groups -OCH3 is 1. The summed E-state index contributed by atoms with van der Waals surface area (Å²) in [6, 6.07) is 16.0. The summed E-state index contributed by atoms with van der Waals surface area (Å²) < 4.78 is 5.21.